The Labute approximate surface area is 124 Å². The Morgan fingerprint density at radius 3 is 2.00 bits per heavy atom. The number of esters is 1. The molecule has 0 fully saturated rings. The molecule has 20 heavy (non-hydrogen) atoms. The Bertz CT molecular complexity index is 207. The Morgan fingerprint density at radius 2 is 1.30 bits per heavy atom. The summed E-state index contributed by atoms with van der Waals surface area (Å²) in [5.41, 5.74) is 0. The van der Waals surface area contributed by atoms with Crippen LogP contribution in [0.15, 0.2) is 0 Å². The lowest BCUT2D eigenvalue weighted by atomic mass is 10.2. The zero-order chi connectivity index (χ0) is 14.9. The van der Waals surface area contributed by atoms with E-state index in [0.29, 0.717) is 32.8 Å². The molecule has 0 rings (SSSR count). The SMILES string of the molecule is CCCCCCOCCOCCOC(=O)CCCCC. The van der Waals surface area contributed by atoms with Crippen LogP contribution in [0.1, 0.15) is 65.2 Å². The highest BCUT2D eigenvalue weighted by Crippen LogP contribution is 2.00. The molecule has 0 saturated heterocycles. The van der Waals surface area contributed by atoms with Gasteiger partial charge in [-0.1, -0.05) is 46.0 Å². The Kier molecular flexibility index (Phi) is 15.9. The molecule has 0 aromatic rings. The molecular formula is C16H32O4. The standard InChI is InChI=1S/C16H32O4/c1-3-5-7-9-11-18-12-13-19-14-15-20-16(17)10-8-6-4-2/h3-15H2,1-2H3. The molecule has 0 saturated carbocycles. The van der Waals surface area contributed by atoms with Crippen molar-refractivity contribution in [2.24, 2.45) is 0 Å². The second kappa shape index (κ2) is 16.4. The van der Waals surface area contributed by atoms with Crippen LogP contribution in [-0.2, 0) is 19.0 Å². The first-order valence-electron chi connectivity index (χ1n) is 8.12. The van der Waals surface area contributed by atoms with Crippen molar-refractivity contribution in [2.75, 3.05) is 33.0 Å². The Morgan fingerprint density at radius 1 is 0.700 bits per heavy atom. The fourth-order valence-corrected chi connectivity index (χ4v) is 1.76. The predicted octanol–water partition coefficient (Wildman–Crippen LogP) is 3.72. The lowest BCUT2D eigenvalue weighted by Crippen LogP contribution is -2.13. The highest BCUT2D eigenvalue weighted by molar-refractivity contribution is 5.69. The molecule has 0 bridgehead atoms. The van der Waals surface area contributed by atoms with Crippen molar-refractivity contribution in [1.29, 1.82) is 0 Å². The summed E-state index contributed by atoms with van der Waals surface area (Å²) < 4.78 is 15.8. The number of ether oxygens (including phenoxy) is 3. The third kappa shape index (κ3) is 15.4. The minimum atomic E-state index is -0.116. The van der Waals surface area contributed by atoms with Crippen molar-refractivity contribution in [3.05, 3.63) is 0 Å². The van der Waals surface area contributed by atoms with Crippen LogP contribution in [0.5, 0.6) is 0 Å². The first kappa shape index (κ1) is 19.4. The van der Waals surface area contributed by atoms with Crippen molar-refractivity contribution >= 4 is 5.97 Å². The van der Waals surface area contributed by atoms with Gasteiger partial charge >= 0.3 is 5.97 Å². The molecule has 120 valence electrons. The predicted molar refractivity (Wildman–Crippen MR) is 80.9 cm³/mol. The molecule has 0 N–H and O–H groups in total. The first-order valence-corrected chi connectivity index (χ1v) is 8.12. The van der Waals surface area contributed by atoms with Crippen molar-refractivity contribution in [1.82, 2.24) is 0 Å². The van der Waals surface area contributed by atoms with Gasteiger partial charge in [0.05, 0.1) is 19.8 Å². The number of hydrogen-bond donors (Lipinski definition) is 0. The van der Waals surface area contributed by atoms with Gasteiger partial charge in [0.2, 0.25) is 0 Å². The molecule has 0 aliphatic carbocycles. The maximum Gasteiger partial charge on any atom is 0.305 e. The third-order valence-corrected chi connectivity index (χ3v) is 2.99. The van der Waals surface area contributed by atoms with Crippen LogP contribution in [0.4, 0.5) is 0 Å². The summed E-state index contributed by atoms with van der Waals surface area (Å²) in [6.45, 7) is 7.13. The van der Waals surface area contributed by atoms with Crippen LogP contribution >= 0.6 is 0 Å². The number of carbonyl (C=O) groups is 1. The van der Waals surface area contributed by atoms with Crippen molar-refractivity contribution in [3.8, 4) is 0 Å². The van der Waals surface area contributed by atoms with Gasteiger partial charge in [-0.2, -0.15) is 0 Å². The van der Waals surface area contributed by atoms with Gasteiger partial charge in [-0.15, -0.1) is 0 Å². The molecule has 0 aliphatic heterocycles. The monoisotopic (exact) mass is 288 g/mol. The zero-order valence-corrected chi connectivity index (χ0v) is 13.3. The summed E-state index contributed by atoms with van der Waals surface area (Å²) in [6.07, 6.45) is 8.55. The summed E-state index contributed by atoms with van der Waals surface area (Å²) in [5, 5.41) is 0. The second-order valence-electron chi connectivity index (χ2n) is 4.96. The Balaban J connectivity index is 3.07. The second-order valence-corrected chi connectivity index (χ2v) is 4.96. The van der Waals surface area contributed by atoms with Gasteiger partial charge in [0.25, 0.3) is 0 Å². The van der Waals surface area contributed by atoms with Crippen molar-refractivity contribution in [2.45, 2.75) is 65.2 Å². The summed E-state index contributed by atoms with van der Waals surface area (Å²) >= 11 is 0. The van der Waals surface area contributed by atoms with Crippen LogP contribution in [0.2, 0.25) is 0 Å². The van der Waals surface area contributed by atoms with Crippen molar-refractivity contribution in [3.63, 3.8) is 0 Å². The van der Waals surface area contributed by atoms with E-state index < -0.39 is 0 Å². The van der Waals surface area contributed by atoms with Crippen LogP contribution in [0.25, 0.3) is 0 Å². The van der Waals surface area contributed by atoms with Gasteiger partial charge in [-0.25, -0.2) is 0 Å². The van der Waals surface area contributed by atoms with Gasteiger partial charge in [-0.3, -0.25) is 4.79 Å². The molecule has 0 amide bonds. The van der Waals surface area contributed by atoms with E-state index in [9.17, 15) is 4.79 Å². The maximum absolute atomic E-state index is 11.3. The molecule has 4 nitrogen and oxygen atoms in total. The fraction of sp³-hybridized carbons (Fsp3) is 0.938. The average Bonchev–Trinajstić information content (AvgIpc) is 2.45. The van der Waals surface area contributed by atoms with Gasteiger partial charge in [0, 0.05) is 13.0 Å². The van der Waals surface area contributed by atoms with Gasteiger partial charge in [-0.05, 0) is 12.8 Å². The molecule has 0 atom stereocenters. The van der Waals surface area contributed by atoms with E-state index >= 15 is 0 Å². The zero-order valence-electron chi connectivity index (χ0n) is 13.3. The highest BCUT2D eigenvalue weighted by Gasteiger charge is 2.01. The summed E-state index contributed by atoms with van der Waals surface area (Å²) in [7, 11) is 0. The van der Waals surface area contributed by atoms with Gasteiger partial charge in [0.1, 0.15) is 6.61 Å². The number of carbonyl (C=O) groups excluding carboxylic acids is 1. The lowest BCUT2D eigenvalue weighted by Gasteiger charge is -2.07. The Hall–Kier alpha value is -0.610. The summed E-state index contributed by atoms with van der Waals surface area (Å²) in [6, 6.07) is 0. The molecule has 0 unspecified atom stereocenters. The fourth-order valence-electron chi connectivity index (χ4n) is 1.76. The smallest absolute Gasteiger partial charge is 0.305 e. The molecule has 0 aliphatic rings. The first-order chi connectivity index (χ1) is 9.81. The van der Waals surface area contributed by atoms with Gasteiger partial charge in [0.15, 0.2) is 0 Å². The maximum atomic E-state index is 11.3. The van der Waals surface area contributed by atoms with E-state index in [2.05, 4.69) is 13.8 Å². The van der Waals surface area contributed by atoms with E-state index in [1.165, 1.54) is 19.3 Å². The average molecular weight is 288 g/mol. The van der Waals surface area contributed by atoms with E-state index in [1.54, 1.807) is 0 Å². The van der Waals surface area contributed by atoms with Crippen molar-refractivity contribution < 1.29 is 19.0 Å². The number of hydrogen-bond acceptors (Lipinski definition) is 4. The third-order valence-electron chi connectivity index (χ3n) is 2.99. The van der Waals surface area contributed by atoms with E-state index in [0.717, 1.165) is 32.3 Å². The summed E-state index contributed by atoms with van der Waals surface area (Å²) in [5.74, 6) is -0.116. The van der Waals surface area contributed by atoms with Crippen LogP contribution < -0.4 is 0 Å². The van der Waals surface area contributed by atoms with Crippen LogP contribution in [0, 0.1) is 0 Å². The highest BCUT2D eigenvalue weighted by atomic mass is 16.6. The van der Waals surface area contributed by atoms with Crippen LogP contribution in [-0.4, -0.2) is 39.0 Å². The lowest BCUT2D eigenvalue weighted by molar-refractivity contribution is -0.145. The van der Waals surface area contributed by atoms with Crippen LogP contribution in [0.3, 0.4) is 0 Å². The minimum absolute atomic E-state index is 0.116. The van der Waals surface area contributed by atoms with Gasteiger partial charge < -0.3 is 14.2 Å². The largest absolute Gasteiger partial charge is 0.463 e. The number of unbranched alkanes of at least 4 members (excludes halogenated alkanes) is 5. The molecule has 0 aromatic carbocycles. The summed E-state index contributed by atoms with van der Waals surface area (Å²) in [4.78, 5) is 11.3. The molecule has 0 heterocycles. The van der Waals surface area contributed by atoms with E-state index in [-0.39, 0.29) is 5.97 Å². The minimum Gasteiger partial charge on any atom is -0.463 e. The molecular weight excluding hydrogens is 256 g/mol. The van der Waals surface area contributed by atoms with E-state index in [1.807, 2.05) is 0 Å². The molecule has 4 heteroatoms. The molecule has 0 radical (unpaired) electrons. The molecule has 0 spiro atoms. The van der Waals surface area contributed by atoms with E-state index in [4.69, 9.17) is 14.2 Å². The molecule has 0 aromatic heterocycles. The normalized spacial score (nSPS) is 10.7. The topological polar surface area (TPSA) is 44.8 Å². The number of rotatable bonds is 15. The quantitative estimate of drug-likeness (QED) is 0.340.